The number of hydrogen-bond donors (Lipinski definition) is 1. The van der Waals surface area contributed by atoms with Gasteiger partial charge in [-0.25, -0.2) is 0 Å². The van der Waals surface area contributed by atoms with Gasteiger partial charge in [-0.05, 0) is 37.5 Å². The summed E-state index contributed by atoms with van der Waals surface area (Å²) in [4.78, 5) is 17.7. The van der Waals surface area contributed by atoms with Crippen molar-refractivity contribution in [2.24, 2.45) is 0 Å². The number of piperazine rings is 1. The van der Waals surface area contributed by atoms with Gasteiger partial charge in [-0.2, -0.15) is 0 Å². The number of benzene rings is 2. The van der Waals surface area contributed by atoms with Crippen molar-refractivity contribution in [1.29, 1.82) is 0 Å². The van der Waals surface area contributed by atoms with Gasteiger partial charge in [0.15, 0.2) is 0 Å². The Morgan fingerprint density at radius 3 is 2.41 bits per heavy atom. The summed E-state index contributed by atoms with van der Waals surface area (Å²) in [6.07, 6.45) is 1.94. The van der Waals surface area contributed by atoms with E-state index < -0.39 is 0 Å². The highest BCUT2D eigenvalue weighted by molar-refractivity contribution is 5.91. The molecular formula is C23H29N3O. The molecule has 0 atom stereocenters. The van der Waals surface area contributed by atoms with Crippen LogP contribution >= 0.6 is 0 Å². The molecule has 1 aliphatic heterocycles. The number of amides is 1. The lowest BCUT2D eigenvalue weighted by Gasteiger charge is -2.36. The molecule has 4 rings (SSSR count). The summed E-state index contributed by atoms with van der Waals surface area (Å²) in [7, 11) is 0. The first-order valence-corrected chi connectivity index (χ1v) is 10.1. The number of hydrogen-bond acceptors (Lipinski definition) is 3. The molecule has 1 heterocycles. The number of nitrogens with one attached hydrogen (secondary N) is 1. The minimum absolute atomic E-state index is 0.205. The molecule has 142 valence electrons. The molecule has 0 spiro atoms. The lowest BCUT2D eigenvalue weighted by molar-refractivity contribution is -0.123. The summed E-state index contributed by atoms with van der Waals surface area (Å²) < 4.78 is 0. The molecule has 2 aliphatic rings. The average Bonchev–Trinajstić information content (AvgIpc) is 3.51. The van der Waals surface area contributed by atoms with E-state index in [0.29, 0.717) is 0 Å². The number of aryl methyl sites for hydroxylation is 1. The second-order valence-corrected chi connectivity index (χ2v) is 7.87. The Morgan fingerprint density at radius 2 is 1.74 bits per heavy atom. The largest absolute Gasteiger partial charge is 0.369 e. The summed E-state index contributed by atoms with van der Waals surface area (Å²) in [5, 5.41) is 3.20. The van der Waals surface area contributed by atoms with E-state index in [-0.39, 0.29) is 11.3 Å². The molecule has 0 aromatic heterocycles. The summed E-state index contributed by atoms with van der Waals surface area (Å²) in [5.41, 5.74) is 3.44. The number of nitrogens with zero attached hydrogens (tertiary/aromatic N) is 2. The van der Waals surface area contributed by atoms with Crippen LogP contribution in [0, 0.1) is 6.92 Å². The predicted molar refractivity (Wildman–Crippen MR) is 110 cm³/mol. The number of rotatable bonds is 6. The maximum absolute atomic E-state index is 12.8. The van der Waals surface area contributed by atoms with Gasteiger partial charge < -0.3 is 10.2 Å². The topological polar surface area (TPSA) is 35.6 Å². The van der Waals surface area contributed by atoms with E-state index in [0.717, 1.165) is 52.1 Å². The molecule has 2 aromatic carbocycles. The van der Waals surface area contributed by atoms with E-state index >= 15 is 0 Å². The number of carbonyl (C=O) groups excluding carboxylic acids is 1. The minimum Gasteiger partial charge on any atom is -0.369 e. The van der Waals surface area contributed by atoms with Crippen LogP contribution in [0.3, 0.4) is 0 Å². The third-order valence-electron chi connectivity index (χ3n) is 5.96. The smallest absolute Gasteiger partial charge is 0.230 e. The van der Waals surface area contributed by atoms with Crippen LogP contribution in [0.1, 0.15) is 24.0 Å². The monoisotopic (exact) mass is 363 g/mol. The number of para-hydroxylation sites is 1. The summed E-state index contributed by atoms with van der Waals surface area (Å²) >= 11 is 0. The van der Waals surface area contributed by atoms with E-state index in [9.17, 15) is 4.79 Å². The zero-order valence-electron chi connectivity index (χ0n) is 16.2. The molecule has 1 aliphatic carbocycles. The fourth-order valence-electron chi connectivity index (χ4n) is 4.08. The average molecular weight is 364 g/mol. The maximum atomic E-state index is 12.8. The lowest BCUT2D eigenvalue weighted by atomic mass is 9.93. The van der Waals surface area contributed by atoms with Crippen LogP contribution in [0.4, 0.5) is 5.69 Å². The Morgan fingerprint density at radius 1 is 1.00 bits per heavy atom. The van der Waals surface area contributed by atoms with E-state index in [4.69, 9.17) is 0 Å². The van der Waals surface area contributed by atoms with Crippen molar-refractivity contribution in [3.05, 3.63) is 65.7 Å². The molecule has 0 radical (unpaired) electrons. The van der Waals surface area contributed by atoms with Gasteiger partial charge in [0.2, 0.25) is 5.91 Å². The summed E-state index contributed by atoms with van der Waals surface area (Å²) in [6, 6.07) is 19.0. The fraction of sp³-hybridized carbons (Fsp3) is 0.435. The summed E-state index contributed by atoms with van der Waals surface area (Å²) in [6.45, 7) is 7.94. The predicted octanol–water partition coefficient (Wildman–Crippen LogP) is 2.97. The number of anilines is 1. The highest BCUT2D eigenvalue weighted by atomic mass is 16.2. The lowest BCUT2D eigenvalue weighted by Crippen LogP contribution is -2.49. The van der Waals surface area contributed by atoms with E-state index in [1.807, 2.05) is 0 Å². The van der Waals surface area contributed by atoms with Gasteiger partial charge in [0.05, 0.1) is 5.41 Å². The van der Waals surface area contributed by atoms with Crippen LogP contribution in [0.15, 0.2) is 54.6 Å². The molecule has 1 saturated heterocycles. The van der Waals surface area contributed by atoms with Crippen LogP contribution in [-0.2, 0) is 10.2 Å². The second kappa shape index (κ2) is 7.73. The molecule has 0 bridgehead atoms. The van der Waals surface area contributed by atoms with Gasteiger partial charge in [0, 0.05) is 45.0 Å². The third-order valence-corrected chi connectivity index (χ3v) is 5.96. The Hall–Kier alpha value is -2.33. The Balaban J connectivity index is 1.23. The van der Waals surface area contributed by atoms with Crippen molar-refractivity contribution in [2.75, 3.05) is 44.2 Å². The number of carbonyl (C=O) groups is 1. The maximum Gasteiger partial charge on any atom is 0.230 e. The van der Waals surface area contributed by atoms with Gasteiger partial charge in [-0.15, -0.1) is 0 Å². The molecule has 1 amide bonds. The van der Waals surface area contributed by atoms with Crippen molar-refractivity contribution in [3.8, 4) is 0 Å². The van der Waals surface area contributed by atoms with Crippen molar-refractivity contribution >= 4 is 11.6 Å². The highest BCUT2D eigenvalue weighted by Gasteiger charge is 2.51. The SMILES string of the molecule is Cc1cccc(C2(C(=O)NCCN3CCN(c4ccccc4)CC3)CC2)c1. The molecule has 27 heavy (non-hydrogen) atoms. The Labute approximate surface area is 162 Å². The molecule has 2 aromatic rings. The molecule has 4 heteroatoms. The molecular weight excluding hydrogens is 334 g/mol. The van der Waals surface area contributed by atoms with Crippen LogP contribution < -0.4 is 10.2 Å². The highest BCUT2D eigenvalue weighted by Crippen LogP contribution is 2.48. The minimum atomic E-state index is -0.266. The van der Waals surface area contributed by atoms with Crippen molar-refractivity contribution in [3.63, 3.8) is 0 Å². The Bertz CT molecular complexity index is 777. The van der Waals surface area contributed by atoms with Crippen LogP contribution in [0.2, 0.25) is 0 Å². The van der Waals surface area contributed by atoms with Crippen molar-refractivity contribution in [2.45, 2.75) is 25.2 Å². The van der Waals surface area contributed by atoms with Gasteiger partial charge in [0.25, 0.3) is 0 Å². The quantitative estimate of drug-likeness (QED) is 0.857. The first-order valence-electron chi connectivity index (χ1n) is 10.1. The van der Waals surface area contributed by atoms with Gasteiger partial charge >= 0.3 is 0 Å². The molecule has 1 saturated carbocycles. The van der Waals surface area contributed by atoms with Crippen molar-refractivity contribution < 1.29 is 4.79 Å². The summed E-state index contributed by atoms with van der Waals surface area (Å²) in [5.74, 6) is 0.205. The Kier molecular flexibility index (Phi) is 5.17. The zero-order valence-corrected chi connectivity index (χ0v) is 16.2. The van der Waals surface area contributed by atoms with Crippen molar-refractivity contribution in [1.82, 2.24) is 10.2 Å². The fourth-order valence-corrected chi connectivity index (χ4v) is 4.08. The van der Waals surface area contributed by atoms with E-state index in [1.165, 1.54) is 16.8 Å². The molecule has 1 N–H and O–H groups in total. The van der Waals surface area contributed by atoms with E-state index in [2.05, 4.69) is 76.6 Å². The molecule has 2 fully saturated rings. The molecule has 0 unspecified atom stereocenters. The zero-order chi connectivity index (χ0) is 18.7. The standard InChI is InChI=1S/C23H29N3O/c1-19-6-5-7-20(18-19)23(10-11-23)22(27)24-12-13-25-14-16-26(17-15-25)21-8-3-2-4-9-21/h2-9,18H,10-17H2,1H3,(H,24,27). The normalized spacial score (nSPS) is 18.9. The first-order chi connectivity index (χ1) is 13.2. The second-order valence-electron chi connectivity index (χ2n) is 7.87. The van der Waals surface area contributed by atoms with Gasteiger partial charge in [-0.3, -0.25) is 9.69 Å². The first kappa shape index (κ1) is 18.1. The molecule has 4 nitrogen and oxygen atoms in total. The van der Waals surface area contributed by atoms with Crippen LogP contribution in [0.5, 0.6) is 0 Å². The van der Waals surface area contributed by atoms with Gasteiger partial charge in [-0.1, -0.05) is 48.0 Å². The van der Waals surface area contributed by atoms with Gasteiger partial charge in [0.1, 0.15) is 0 Å². The van der Waals surface area contributed by atoms with Crippen LogP contribution in [0.25, 0.3) is 0 Å². The van der Waals surface area contributed by atoms with Crippen LogP contribution in [-0.4, -0.2) is 50.1 Å². The third kappa shape index (κ3) is 4.01. The van der Waals surface area contributed by atoms with E-state index in [1.54, 1.807) is 0 Å².